The van der Waals surface area contributed by atoms with Crippen molar-refractivity contribution in [3.63, 3.8) is 0 Å². The topological polar surface area (TPSA) is 41.1 Å². The Morgan fingerprint density at radius 1 is 0.731 bits per heavy atom. The molecular formula is C23H20N2O. The smallest absolute Gasteiger partial charge is 0.319 e. The predicted octanol–water partition coefficient (Wildman–Crippen LogP) is 4.69. The second-order valence-corrected chi connectivity index (χ2v) is 6.37. The summed E-state index contributed by atoms with van der Waals surface area (Å²) in [5, 5.41) is 6.13. The Morgan fingerprint density at radius 2 is 1.31 bits per heavy atom. The van der Waals surface area contributed by atoms with Crippen LogP contribution in [0.1, 0.15) is 22.7 Å². The third-order valence-electron chi connectivity index (χ3n) is 4.62. The molecule has 0 aliphatic carbocycles. The first-order valence-electron chi connectivity index (χ1n) is 8.76. The van der Waals surface area contributed by atoms with E-state index in [-0.39, 0.29) is 12.1 Å². The van der Waals surface area contributed by atoms with Crippen molar-refractivity contribution in [3.8, 4) is 0 Å². The zero-order valence-corrected chi connectivity index (χ0v) is 14.4. The number of amides is 2. The van der Waals surface area contributed by atoms with Gasteiger partial charge >= 0.3 is 6.03 Å². The van der Waals surface area contributed by atoms with Crippen LogP contribution in [-0.4, -0.2) is 6.03 Å². The second-order valence-electron chi connectivity index (χ2n) is 6.37. The minimum atomic E-state index is -0.172. The summed E-state index contributed by atoms with van der Waals surface area (Å²) in [5.41, 5.74) is 5.38. The standard InChI is InChI=1S/C23H20N2O/c26-23-24-21(18-12-6-2-7-13-18)20(16-17-10-4-1-5-11-17)22(25-23)19-14-8-3-9-15-19/h1-15,21H,16H2,(H2,24,25,26). The second kappa shape index (κ2) is 7.28. The van der Waals surface area contributed by atoms with E-state index in [1.165, 1.54) is 5.56 Å². The van der Waals surface area contributed by atoms with Crippen molar-refractivity contribution in [2.24, 2.45) is 0 Å². The Morgan fingerprint density at radius 3 is 1.96 bits per heavy atom. The fourth-order valence-electron chi connectivity index (χ4n) is 3.39. The summed E-state index contributed by atoms with van der Waals surface area (Å²) in [4.78, 5) is 12.4. The maximum atomic E-state index is 12.4. The average molecular weight is 340 g/mol. The van der Waals surface area contributed by atoms with Gasteiger partial charge in [0, 0.05) is 0 Å². The molecule has 0 saturated heterocycles. The SMILES string of the molecule is O=C1NC(c2ccccc2)=C(Cc2ccccc2)C(c2ccccc2)N1. The molecule has 0 fully saturated rings. The van der Waals surface area contributed by atoms with Gasteiger partial charge < -0.3 is 10.6 Å². The molecule has 1 heterocycles. The summed E-state index contributed by atoms with van der Waals surface area (Å²) in [6, 6.07) is 30.2. The van der Waals surface area contributed by atoms with Gasteiger partial charge in [0.2, 0.25) is 0 Å². The normalized spacial score (nSPS) is 16.8. The highest BCUT2D eigenvalue weighted by Crippen LogP contribution is 2.33. The minimum Gasteiger partial charge on any atom is -0.327 e. The number of urea groups is 1. The van der Waals surface area contributed by atoms with Gasteiger partial charge in [0.15, 0.2) is 0 Å². The van der Waals surface area contributed by atoms with Crippen LogP contribution in [-0.2, 0) is 6.42 Å². The molecular weight excluding hydrogens is 320 g/mol. The fraction of sp³-hybridized carbons (Fsp3) is 0.0870. The van der Waals surface area contributed by atoms with E-state index in [2.05, 4.69) is 34.9 Å². The van der Waals surface area contributed by atoms with Gasteiger partial charge in [-0.15, -0.1) is 0 Å². The van der Waals surface area contributed by atoms with Crippen LogP contribution in [0.15, 0.2) is 96.6 Å². The van der Waals surface area contributed by atoms with Crippen LogP contribution in [0.4, 0.5) is 4.79 Å². The van der Waals surface area contributed by atoms with Crippen LogP contribution < -0.4 is 10.6 Å². The van der Waals surface area contributed by atoms with Crippen molar-refractivity contribution in [2.75, 3.05) is 0 Å². The molecule has 0 aromatic heterocycles. The van der Waals surface area contributed by atoms with Crippen LogP contribution in [0, 0.1) is 0 Å². The lowest BCUT2D eigenvalue weighted by atomic mass is 9.88. The first kappa shape index (κ1) is 16.2. The Kier molecular flexibility index (Phi) is 4.52. The molecule has 26 heavy (non-hydrogen) atoms. The van der Waals surface area contributed by atoms with Crippen LogP contribution >= 0.6 is 0 Å². The lowest BCUT2D eigenvalue weighted by molar-refractivity contribution is 0.240. The monoisotopic (exact) mass is 340 g/mol. The zero-order valence-electron chi connectivity index (χ0n) is 14.4. The van der Waals surface area contributed by atoms with Crippen molar-refractivity contribution in [3.05, 3.63) is 113 Å². The lowest BCUT2D eigenvalue weighted by Crippen LogP contribution is -2.43. The number of benzene rings is 3. The van der Waals surface area contributed by atoms with Crippen molar-refractivity contribution in [1.29, 1.82) is 0 Å². The summed E-state index contributed by atoms with van der Waals surface area (Å²) in [5.74, 6) is 0. The van der Waals surface area contributed by atoms with Gasteiger partial charge in [-0.1, -0.05) is 91.0 Å². The highest BCUT2D eigenvalue weighted by Gasteiger charge is 2.28. The summed E-state index contributed by atoms with van der Waals surface area (Å²) >= 11 is 0. The van der Waals surface area contributed by atoms with Crippen LogP contribution in [0.3, 0.4) is 0 Å². The fourth-order valence-corrected chi connectivity index (χ4v) is 3.39. The number of hydrogen-bond donors (Lipinski definition) is 2. The molecule has 0 radical (unpaired) electrons. The van der Waals surface area contributed by atoms with Gasteiger partial charge in [0.05, 0.1) is 11.7 Å². The Labute approximate surface area is 153 Å². The van der Waals surface area contributed by atoms with E-state index in [1.54, 1.807) is 0 Å². The van der Waals surface area contributed by atoms with Gasteiger partial charge in [-0.2, -0.15) is 0 Å². The maximum absolute atomic E-state index is 12.4. The van der Waals surface area contributed by atoms with Crippen molar-refractivity contribution in [2.45, 2.75) is 12.5 Å². The number of rotatable bonds is 4. The van der Waals surface area contributed by atoms with Crippen LogP contribution in [0.5, 0.6) is 0 Å². The summed E-state index contributed by atoms with van der Waals surface area (Å²) < 4.78 is 0. The third kappa shape index (κ3) is 3.38. The van der Waals surface area contributed by atoms with E-state index in [9.17, 15) is 4.79 Å². The molecule has 2 amide bonds. The average Bonchev–Trinajstić information content (AvgIpc) is 2.71. The minimum absolute atomic E-state index is 0.152. The molecule has 3 heteroatoms. The molecule has 2 N–H and O–H groups in total. The van der Waals surface area contributed by atoms with E-state index in [4.69, 9.17) is 0 Å². The molecule has 3 aromatic rings. The van der Waals surface area contributed by atoms with Gasteiger partial charge in [0.1, 0.15) is 0 Å². The molecule has 0 saturated carbocycles. The largest absolute Gasteiger partial charge is 0.327 e. The summed E-state index contributed by atoms with van der Waals surface area (Å²) in [7, 11) is 0. The van der Waals surface area contributed by atoms with Crippen LogP contribution in [0.25, 0.3) is 5.70 Å². The highest BCUT2D eigenvalue weighted by molar-refractivity contribution is 5.90. The van der Waals surface area contributed by atoms with Gasteiger partial charge in [-0.3, -0.25) is 0 Å². The maximum Gasteiger partial charge on any atom is 0.319 e. The Balaban J connectivity index is 1.85. The van der Waals surface area contributed by atoms with Gasteiger partial charge in [0.25, 0.3) is 0 Å². The van der Waals surface area contributed by atoms with Crippen LogP contribution in [0.2, 0.25) is 0 Å². The molecule has 1 atom stereocenters. The molecule has 1 unspecified atom stereocenters. The quantitative estimate of drug-likeness (QED) is 0.710. The third-order valence-corrected chi connectivity index (χ3v) is 4.62. The van der Waals surface area contributed by atoms with E-state index >= 15 is 0 Å². The zero-order chi connectivity index (χ0) is 17.8. The molecule has 128 valence electrons. The lowest BCUT2D eigenvalue weighted by Gasteiger charge is -2.31. The molecule has 4 rings (SSSR count). The molecule has 0 spiro atoms. The van der Waals surface area contributed by atoms with Crippen molar-refractivity contribution in [1.82, 2.24) is 10.6 Å². The van der Waals surface area contributed by atoms with Crippen molar-refractivity contribution < 1.29 is 4.79 Å². The van der Waals surface area contributed by atoms with E-state index < -0.39 is 0 Å². The molecule has 1 aliphatic heterocycles. The Bertz CT molecular complexity index is 918. The number of carbonyl (C=O) groups is 1. The van der Waals surface area contributed by atoms with E-state index in [0.29, 0.717) is 0 Å². The number of carbonyl (C=O) groups excluding carboxylic acids is 1. The predicted molar refractivity (Wildman–Crippen MR) is 104 cm³/mol. The number of nitrogens with one attached hydrogen (secondary N) is 2. The molecule has 3 aromatic carbocycles. The van der Waals surface area contributed by atoms with Gasteiger partial charge in [-0.05, 0) is 28.7 Å². The Hall–Kier alpha value is -3.33. The number of hydrogen-bond acceptors (Lipinski definition) is 1. The molecule has 1 aliphatic rings. The van der Waals surface area contributed by atoms with E-state index in [0.717, 1.165) is 28.8 Å². The first-order valence-corrected chi connectivity index (χ1v) is 8.76. The highest BCUT2D eigenvalue weighted by atomic mass is 16.2. The molecule has 0 bridgehead atoms. The molecule has 3 nitrogen and oxygen atoms in total. The van der Waals surface area contributed by atoms with E-state index in [1.807, 2.05) is 66.7 Å². The van der Waals surface area contributed by atoms with Crippen molar-refractivity contribution >= 4 is 11.7 Å². The van der Waals surface area contributed by atoms with Gasteiger partial charge in [-0.25, -0.2) is 4.79 Å². The first-order chi connectivity index (χ1) is 12.8. The summed E-state index contributed by atoms with van der Waals surface area (Å²) in [6.07, 6.45) is 0.762. The summed E-state index contributed by atoms with van der Waals surface area (Å²) in [6.45, 7) is 0.